The Morgan fingerprint density at radius 1 is 1.38 bits per heavy atom. The van der Waals surface area contributed by atoms with Crippen LogP contribution in [0, 0.1) is 11.8 Å². The van der Waals surface area contributed by atoms with Crippen LogP contribution < -0.4 is 16.8 Å². The van der Waals surface area contributed by atoms with E-state index in [0.29, 0.717) is 11.8 Å². The molecule has 2 aliphatic carbocycles. The third kappa shape index (κ3) is 2.32. The van der Waals surface area contributed by atoms with Gasteiger partial charge in [-0.25, -0.2) is 4.79 Å². The number of rotatable bonds is 1. The zero-order valence-corrected chi connectivity index (χ0v) is 10.3. The fraction of sp³-hybridized carbons (Fsp3) is 0.917. The maximum Gasteiger partial charge on any atom is 0.312 e. The molecule has 0 aliphatic heterocycles. The summed E-state index contributed by atoms with van der Waals surface area (Å²) in [5.74, 6) is 1.35. The van der Waals surface area contributed by atoms with Gasteiger partial charge in [-0.3, -0.25) is 0 Å². The zero-order valence-electron chi connectivity index (χ0n) is 10.3. The predicted octanol–water partition coefficient (Wildman–Crippen LogP) is 1.34. The van der Waals surface area contributed by atoms with E-state index >= 15 is 0 Å². The van der Waals surface area contributed by atoms with Gasteiger partial charge < -0.3 is 16.8 Å². The monoisotopic (exact) mass is 225 g/mol. The van der Waals surface area contributed by atoms with Gasteiger partial charge in [-0.2, -0.15) is 0 Å². The second-order valence-electron chi connectivity index (χ2n) is 6.41. The van der Waals surface area contributed by atoms with Gasteiger partial charge >= 0.3 is 6.03 Å². The number of carbonyl (C=O) groups is 1. The van der Waals surface area contributed by atoms with E-state index in [9.17, 15) is 4.79 Å². The SMILES string of the molecule is CC1CC2CC(N)(C1)CC(C)(NC(N)=O)C2. The minimum absolute atomic E-state index is 0.0994. The highest BCUT2D eigenvalue weighted by atomic mass is 16.2. The van der Waals surface area contributed by atoms with Crippen LogP contribution in [0.4, 0.5) is 4.79 Å². The molecular formula is C12H23N3O. The molecule has 4 nitrogen and oxygen atoms in total. The largest absolute Gasteiger partial charge is 0.352 e. The number of hydrogen-bond donors (Lipinski definition) is 3. The van der Waals surface area contributed by atoms with Crippen molar-refractivity contribution in [3.63, 3.8) is 0 Å². The maximum atomic E-state index is 11.0. The average molecular weight is 225 g/mol. The van der Waals surface area contributed by atoms with E-state index < -0.39 is 6.03 Å². The Morgan fingerprint density at radius 3 is 2.62 bits per heavy atom. The molecule has 2 saturated carbocycles. The number of carbonyl (C=O) groups excluding carboxylic acids is 1. The first-order valence-electron chi connectivity index (χ1n) is 6.17. The molecule has 92 valence electrons. The summed E-state index contributed by atoms with van der Waals surface area (Å²) in [6, 6.07) is -0.431. The second kappa shape index (κ2) is 3.62. The lowest BCUT2D eigenvalue weighted by Gasteiger charge is -2.52. The Bertz CT molecular complexity index is 303. The summed E-state index contributed by atoms with van der Waals surface area (Å²) in [6.45, 7) is 4.35. The van der Waals surface area contributed by atoms with Gasteiger partial charge in [0.15, 0.2) is 0 Å². The third-order valence-corrected chi connectivity index (χ3v) is 4.09. The van der Waals surface area contributed by atoms with E-state index in [0.717, 1.165) is 25.7 Å². The fourth-order valence-corrected chi connectivity index (χ4v) is 4.27. The third-order valence-electron chi connectivity index (χ3n) is 4.09. The van der Waals surface area contributed by atoms with Gasteiger partial charge in [-0.15, -0.1) is 0 Å². The summed E-state index contributed by atoms with van der Waals surface area (Å²) in [5, 5.41) is 2.89. The van der Waals surface area contributed by atoms with Gasteiger partial charge in [0.1, 0.15) is 0 Å². The number of amides is 2. The molecule has 0 aromatic rings. The van der Waals surface area contributed by atoms with Gasteiger partial charge in [-0.1, -0.05) is 6.92 Å². The highest BCUT2D eigenvalue weighted by Crippen LogP contribution is 2.47. The lowest BCUT2D eigenvalue weighted by Crippen LogP contribution is -2.62. The minimum Gasteiger partial charge on any atom is -0.352 e. The first-order chi connectivity index (χ1) is 7.30. The minimum atomic E-state index is -0.431. The van der Waals surface area contributed by atoms with Crippen LogP contribution in [0.15, 0.2) is 0 Å². The Balaban J connectivity index is 2.14. The van der Waals surface area contributed by atoms with Crippen LogP contribution in [0.2, 0.25) is 0 Å². The van der Waals surface area contributed by atoms with E-state index in [2.05, 4.69) is 19.2 Å². The summed E-state index contributed by atoms with van der Waals surface area (Å²) in [5.41, 5.74) is 11.4. The smallest absolute Gasteiger partial charge is 0.312 e. The topological polar surface area (TPSA) is 81.1 Å². The van der Waals surface area contributed by atoms with Crippen molar-refractivity contribution < 1.29 is 4.79 Å². The Morgan fingerprint density at radius 2 is 2.06 bits per heavy atom. The van der Waals surface area contributed by atoms with E-state index in [-0.39, 0.29) is 11.1 Å². The molecule has 2 bridgehead atoms. The van der Waals surface area contributed by atoms with Gasteiger partial charge in [0, 0.05) is 11.1 Å². The molecule has 2 fully saturated rings. The molecule has 2 aliphatic rings. The van der Waals surface area contributed by atoms with Crippen LogP contribution in [0.25, 0.3) is 0 Å². The van der Waals surface area contributed by atoms with Gasteiger partial charge in [0.25, 0.3) is 0 Å². The van der Waals surface area contributed by atoms with E-state index in [1.807, 2.05) is 0 Å². The van der Waals surface area contributed by atoms with Gasteiger partial charge in [-0.05, 0) is 50.9 Å². The summed E-state index contributed by atoms with van der Waals surface area (Å²) < 4.78 is 0. The summed E-state index contributed by atoms with van der Waals surface area (Å²) in [6.07, 6.45) is 5.27. The predicted molar refractivity (Wildman–Crippen MR) is 63.8 cm³/mol. The van der Waals surface area contributed by atoms with Crippen LogP contribution in [-0.4, -0.2) is 17.1 Å². The van der Waals surface area contributed by atoms with Gasteiger partial charge in [0.05, 0.1) is 0 Å². The molecule has 0 aromatic carbocycles. The van der Waals surface area contributed by atoms with Crippen molar-refractivity contribution in [2.24, 2.45) is 23.3 Å². The van der Waals surface area contributed by atoms with Crippen LogP contribution >= 0.6 is 0 Å². The Labute approximate surface area is 97.1 Å². The molecular weight excluding hydrogens is 202 g/mol. The molecule has 0 heterocycles. The molecule has 2 amide bonds. The summed E-state index contributed by atoms with van der Waals surface area (Å²) in [7, 11) is 0. The molecule has 0 spiro atoms. The molecule has 4 atom stereocenters. The van der Waals surface area contributed by atoms with E-state index in [1.54, 1.807) is 0 Å². The standard InChI is InChI=1S/C12H23N3O/c1-8-3-9-5-11(2,15-10(13)16)7-12(14,4-8)6-9/h8-9H,3-7,14H2,1-2H3,(H3,13,15,16). The summed E-state index contributed by atoms with van der Waals surface area (Å²) >= 11 is 0. The highest BCUT2D eigenvalue weighted by Gasteiger charge is 2.48. The second-order valence-corrected chi connectivity index (χ2v) is 6.41. The number of urea groups is 1. The average Bonchev–Trinajstić information content (AvgIpc) is 1.93. The quantitative estimate of drug-likeness (QED) is 0.629. The number of primary amides is 1. The normalized spacial score (nSPS) is 47.4. The van der Waals surface area contributed by atoms with Crippen molar-refractivity contribution in [1.82, 2.24) is 5.32 Å². The van der Waals surface area contributed by atoms with Crippen molar-refractivity contribution in [3.8, 4) is 0 Å². The lowest BCUT2D eigenvalue weighted by molar-refractivity contribution is 0.0565. The van der Waals surface area contributed by atoms with Crippen molar-refractivity contribution in [3.05, 3.63) is 0 Å². The molecule has 4 heteroatoms. The first kappa shape index (κ1) is 11.7. The summed E-state index contributed by atoms with van der Waals surface area (Å²) in [4.78, 5) is 11.0. The van der Waals surface area contributed by atoms with Crippen molar-refractivity contribution >= 4 is 6.03 Å². The van der Waals surface area contributed by atoms with Crippen LogP contribution in [-0.2, 0) is 0 Å². The molecule has 5 N–H and O–H groups in total. The van der Waals surface area contributed by atoms with Crippen molar-refractivity contribution in [1.29, 1.82) is 0 Å². The zero-order chi connectivity index (χ0) is 12.0. The molecule has 0 saturated heterocycles. The highest BCUT2D eigenvalue weighted by molar-refractivity contribution is 5.72. The molecule has 0 radical (unpaired) electrons. The fourth-order valence-electron chi connectivity index (χ4n) is 4.27. The maximum absolute atomic E-state index is 11.0. The van der Waals surface area contributed by atoms with Crippen molar-refractivity contribution in [2.45, 2.75) is 57.0 Å². The number of fused-ring (bicyclic) bond motifs is 2. The van der Waals surface area contributed by atoms with Gasteiger partial charge in [0.2, 0.25) is 0 Å². The molecule has 0 aromatic heterocycles. The first-order valence-corrected chi connectivity index (χ1v) is 6.17. The number of nitrogens with one attached hydrogen (secondary N) is 1. The van der Waals surface area contributed by atoms with Crippen LogP contribution in [0.1, 0.15) is 46.0 Å². The molecule has 16 heavy (non-hydrogen) atoms. The number of nitrogens with two attached hydrogens (primary N) is 2. The van der Waals surface area contributed by atoms with Crippen molar-refractivity contribution in [2.75, 3.05) is 0 Å². The Hall–Kier alpha value is -0.770. The van der Waals surface area contributed by atoms with E-state index in [1.165, 1.54) is 6.42 Å². The number of hydrogen-bond acceptors (Lipinski definition) is 2. The van der Waals surface area contributed by atoms with Crippen LogP contribution in [0.5, 0.6) is 0 Å². The molecule has 4 unspecified atom stereocenters. The Kier molecular flexibility index (Phi) is 2.65. The molecule has 2 rings (SSSR count). The van der Waals surface area contributed by atoms with E-state index in [4.69, 9.17) is 11.5 Å². The lowest BCUT2D eigenvalue weighted by atomic mass is 9.59. The van der Waals surface area contributed by atoms with Crippen LogP contribution in [0.3, 0.4) is 0 Å².